The first-order chi connectivity index (χ1) is 7.68. The second-order valence-corrected chi connectivity index (χ2v) is 3.38. The summed E-state index contributed by atoms with van der Waals surface area (Å²) in [6, 6.07) is 4.11. The Bertz CT molecular complexity index is 526. The molecule has 3 nitrogen and oxygen atoms in total. The molecule has 4 heteroatoms. The topological polar surface area (TPSA) is 42.9 Å². The fraction of sp³-hybridized carbons (Fsp3) is 0.0833. The molecular formula is C12H9FN2O. The van der Waals surface area contributed by atoms with E-state index in [0.717, 1.165) is 5.56 Å². The van der Waals surface area contributed by atoms with Crippen LogP contribution in [0.25, 0.3) is 0 Å². The molecule has 1 aromatic carbocycles. The van der Waals surface area contributed by atoms with Crippen LogP contribution in [0, 0.1) is 12.7 Å². The third-order valence-electron chi connectivity index (χ3n) is 2.24. The molecule has 0 N–H and O–H groups in total. The van der Waals surface area contributed by atoms with Crippen LogP contribution < -0.4 is 0 Å². The number of ketones is 1. The van der Waals surface area contributed by atoms with Crippen molar-refractivity contribution in [1.29, 1.82) is 0 Å². The van der Waals surface area contributed by atoms with Gasteiger partial charge in [-0.1, -0.05) is 6.07 Å². The van der Waals surface area contributed by atoms with Crippen molar-refractivity contribution >= 4 is 5.78 Å². The summed E-state index contributed by atoms with van der Waals surface area (Å²) in [5, 5.41) is 0. The van der Waals surface area contributed by atoms with Crippen LogP contribution in [0.15, 0.2) is 36.8 Å². The number of hydrogen-bond acceptors (Lipinski definition) is 3. The largest absolute Gasteiger partial charge is 0.287 e. The van der Waals surface area contributed by atoms with Crippen LogP contribution in [-0.2, 0) is 0 Å². The van der Waals surface area contributed by atoms with E-state index in [4.69, 9.17) is 0 Å². The van der Waals surface area contributed by atoms with Crippen molar-refractivity contribution in [2.45, 2.75) is 6.92 Å². The predicted molar refractivity (Wildman–Crippen MR) is 56.6 cm³/mol. The fourth-order valence-electron chi connectivity index (χ4n) is 1.39. The lowest BCUT2D eigenvalue weighted by atomic mass is 10.0. The SMILES string of the molecule is Cc1ccc(F)cc1C(=O)c1cnccn1. The smallest absolute Gasteiger partial charge is 0.213 e. The van der Waals surface area contributed by atoms with Gasteiger partial charge >= 0.3 is 0 Å². The van der Waals surface area contributed by atoms with Crippen molar-refractivity contribution in [1.82, 2.24) is 9.97 Å². The molecule has 0 aliphatic carbocycles. The van der Waals surface area contributed by atoms with Gasteiger partial charge in [-0.2, -0.15) is 0 Å². The van der Waals surface area contributed by atoms with Gasteiger partial charge in [-0.25, -0.2) is 9.37 Å². The molecule has 80 valence electrons. The third-order valence-corrected chi connectivity index (χ3v) is 2.24. The van der Waals surface area contributed by atoms with Gasteiger partial charge in [-0.3, -0.25) is 9.78 Å². The zero-order chi connectivity index (χ0) is 11.5. The Balaban J connectivity index is 2.46. The molecular weight excluding hydrogens is 207 g/mol. The van der Waals surface area contributed by atoms with Crippen LogP contribution in [0.5, 0.6) is 0 Å². The molecule has 0 fully saturated rings. The van der Waals surface area contributed by atoms with Crippen molar-refractivity contribution in [2.24, 2.45) is 0 Å². The zero-order valence-corrected chi connectivity index (χ0v) is 8.64. The normalized spacial score (nSPS) is 10.1. The minimum Gasteiger partial charge on any atom is -0.287 e. The Morgan fingerprint density at radius 2 is 2.12 bits per heavy atom. The Kier molecular flexibility index (Phi) is 2.72. The van der Waals surface area contributed by atoms with E-state index in [0.29, 0.717) is 5.56 Å². The lowest BCUT2D eigenvalue weighted by molar-refractivity contribution is 0.103. The van der Waals surface area contributed by atoms with E-state index in [1.165, 1.54) is 30.7 Å². The summed E-state index contributed by atoms with van der Waals surface area (Å²) < 4.78 is 13.0. The van der Waals surface area contributed by atoms with Crippen LogP contribution >= 0.6 is 0 Å². The van der Waals surface area contributed by atoms with Gasteiger partial charge in [-0.05, 0) is 24.6 Å². The van der Waals surface area contributed by atoms with Crippen molar-refractivity contribution in [3.8, 4) is 0 Å². The summed E-state index contributed by atoms with van der Waals surface area (Å²) in [5.41, 5.74) is 1.26. The summed E-state index contributed by atoms with van der Waals surface area (Å²) in [5.74, 6) is -0.747. The van der Waals surface area contributed by atoms with Gasteiger partial charge in [-0.15, -0.1) is 0 Å². The molecule has 2 aromatic rings. The van der Waals surface area contributed by atoms with Crippen molar-refractivity contribution < 1.29 is 9.18 Å². The van der Waals surface area contributed by atoms with Gasteiger partial charge in [0.15, 0.2) is 0 Å². The predicted octanol–water partition coefficient (Wildman–Crippen LogP) is 2.16. The molecule has 0 saturated heterocycles. The van der Waals surface area contributed by atoms with Gasteiger partial charge in [0.05, 0.1) is 6.20 Å². The molecule has 1 aromatic heterocycles. The van der Waals surface area contributed by atoms with Crippen molar-refractivity contribution in [3.05, 3.63) is 59.4 Å². The maximum atomic E-state index is 13.0. The summed E-state index contributed by atoms with van der Waals surface area (Å²) in [7, 11) is 0. The highest BCUT2D eigenvalue weighted by atomic mass is 19.1. The van der Waals surface area contributed by atoms with E-state index in [-0.39, 0.29) is 11.5 Å². The van der Waals surface area contributed by atoms with Gasteiger partial charge in [0.1, 0.15) is 11.5 Å². The van der Waals surface area contributed by atoms with Crippen molar-refractivity contribution in [2.75, 3.05) is 0 Å². The van der Waals surface area contributed by atoms with Gasteiger partial charge in [0.2, 0.25) is 5.78 Å². The van der Waals surface area contributed by atoms with Crippen LogP contribution in [0.1, 0.15) is 21.6 Å². The first-order valence-electron chi connectivity index (χ1n) is 4.75. The average molecular weight is 216 g/mol. The van der Waals surface area contributed by atoms with Crippen LogP contribution in [0.3, 0.4) is 0 Å². The maximum Gasteiger partial charge on any atom is 0.213 e. The minimum atomic E-state index is -0.433. The molecule has 0 bridgehead atoms. The number of aromatic nitrogens is 2. The summed E-state index contributed by atoms with van der Waals surface area (Å²) in [4.78, 5) is 19.6. The van der Waals surface area contributed by atoms with Crippen molar-refractivity contribution in [3.63, 3.8) is 0 Å². The lowest BCUT2D eigenvalue weighted by Gasteiger charge is -2.03. The molecule has 0 spiro atoms. The van der Waals surface area contributed by atoms with E-state index >= 15 is 0 Å². The number of nitrogens with zero attached hydrogens (tertiary/aromatic N) is 2. The molecule has 0 radical (unpaired) electrons. The quantitative estimate of drug-likeness (QED) is 0.722. The number of rotatable bonds is 2. The minimum absolute atomic E-state index is 0.219. The van der Waals surface area contributed by atoms with Gasteiger partial charge in [0, 0.05) is 18.0 Å². The fourth-order valence-corrected chi connectivity index (χ4v) is 1.39. The second kappa shape index (κ2) is 4.18. The zero-order valence-electron chi connectivity index (χ0n) is 8.64. The summed E-state index contributed by atoms with van der Waals surface area (Å²) >= 11 is 0. The molecule has 0 unspecified atom stereocenters. The number of halogens is 1. The molecule has 2 rings (SSSR count). The van der Waals surface area contributed by atoms with Gasteiger partial charge < -0.3 is 0 Å². The highest BCUT2D eigenvalue weighted by Gasteiger charge is 2.13. The Labute approximate surface area is 92.0 Å². The first kappa shape index (κ1) is 10.4. The van der Waals surface area contributed by atoms with Gasteiger partial charge in [0.25, 0.3) is 0 Å². The Morgan fingerprint density at radius 1 is 1.31 bits per heavy atom. The third kappa shape index (κ3) is 1.95. The first-order valence-corrected chi connectivity index (χ1v) is 4.75. The van der Waals surface area contributed by atoms with E-state index < -0.39 is 5.82 Å². The number of hydrogen-bond donors (Lipinski definition) is 0. The van der Waals surface area contributed by atoms with Crippen LogP contribution in [0.4, 0.5) is 4.39 Å². The van der Waals surface area contributed by atoms with E-state index in [9.17, 15) is 9.18 Å². The summed E-state index contributed by atoms with van der Waals surface area (Å²) in [6.45, 7) is 1.75. The lowest BCUT2D eigenvalue weighted by Crippen LogP contribution is -2.06. The van der Waals surface area contributed by atoms with E-state index in [1.54, 1.807) is 13.0 Å². The van der Waals surface area contributed by atoms with E-state index in [1.807, 2.05) is 0 Å². The Hall–Kier alpha value is -2.10. The Morgan fingerprint density at radius 3 is 2.81 bits per heavy atom. The summed E-state index contributed by atoms with van der Waals surface area (Å²) in [6.07, 6.45) is 4.28. The van der Waals surface area contributed by atoms with E-state index in [2.05, 4.69) is 9.97 Å². The van der Waals surface area contributed by atoms with Crippen LogP contribution in [0.2, 0.25) is 0 Å². The second-order valence-electron chi connectivity index (χ2n) is 3.38. The molecule has 0 amide bonds. The highest BCUT2D eigenvalue weighted by molar-refractivity contribution is 6.08. The highest BCUT2D eigenvalue weighted by Crippen LogP contribution is 2.13. The maximum absolute atomic E-state index is 13.0. The molecule has 0 saturated carbocycles. The number of carbonyl (C=O) groups excluding carboxylic acids is 1. The average Bonchev–Trinajstić information content (AvgIpc) is 2.32. The number of carbonyl (C=O) groups is 1. The molecule has 0 aliphatic rings. The molecule has 0 aliphatic heterocycles. The standard InChI is InChI=1S/C12H9FN2O/c1-8-2-3-9(13)6-10(8)12(16)11-7-14-4-5-15-11/h2-7H,1H3. The van der Waals surface area contributed by atoms with Crippen LogP contribution in [-0.4, -0.2) is 15.8 Å². The molecule has 0 atom stereocenters. The number of benzene rings is 1. The molecule has 1 heterocycles. The monoisotopic (exact) mass is 216 g/mol. The molecule has 16 heavy (non-hydrogen) atoms. The number of aryl methyl sites for hydroxylation is 1.